The molecule has 2 aromatic carbocycles. The quantitative estimate of drug-likeness (QED) is 0.661. The Balaban J connectivity index is 1.68. The van der Waals surface area contributed by atoms with Crippen LogP contribution < -0.4 is 4.74 Å². The summed E-state index contributed by atoms with van der Waals surface area (Å²) in [5.41, 5.74) is 3.20. The Kier molecular flexibility index (Phi) is 5.11. The lowest BCUT2D eigenvalue weighted by atomic mass is 10.0. The molecule has 0 spiro atoms. The average Bonchev–Trinajstić information content (AvgIpc) is 2.96. The molecule has 1 aliphatic heterocycles. The topological polar surface area (TPSA) is 52.9 Å². The van der Waals surface area contributed by atoms with Gasteiger partial charge in [-0.25, -0.2) is 0 Å². The molecule has 1 aromatic heterocycles. The Morgan fingerprint density at radius 3 is 2.92 bits per heavy atom. The van der Waals surface area contributed by atoms with Crippen LogP contribution in [0.5, 0.6) is 11.5 Å². The van der Waals surface area contributed by atoms with E-state index < -0.39 is 0 Å². The lowest BCUT2D eigenvalue weighted by Gasteiger charge is -2.19. The number of phenolic OH excluding ortho intramolecular Hbond substituents is 1. The summed E-state index contributed by atoms with van der Waals surface area (Å²) >= 11 is 1.72. The molecule has 4 rings (SSSR count). The summed E-state index contributed by atoms with van der Waals surface area (Å²) in [7, 11) is 0. The largest absolute Gasteiger partial charge is 0.504 e. The summed E-state index contributed by atoms with van der Waals surface area (Å²) in [6.07, 6.45) is 1.78. The monoisotopic (exact) mass is 369 g/mol. The molecule has 2 heterocycles. The molecule has 0 bridgehead atoms. The molecule has 0 atom stereocenters. The highest BCUT2D eigenvalue weighted by Gasteiger charge is 2.20. The molecule has 0 amide bonds. The number of hydrogen-bond acceptors (Lipinski definition) is 5. The number of phenols is 1. The van der Waals surface area contributed by atoms with E-state index in [9.17, 15) is 5.11 Å². The van der Waals surface area contributed by atoms with E-state index in [1.807, 2.05) is 12.1 Å². The van der Waals surface area contributed by atoms with Crippen molar-refractivity contribution in [3.63, 3.8) is 0 Å². The van der Waals surface area contributed by atoms with Gasteiger partial charge < -0.3 is 14.9 Å². The molecule has 0 unspecified atom stereocenters. The summed E-state index contributed by atoms with van der Waals surface area (Å²) in [4.78, 5) is 2.33. The Morgan fingerprint density at radius 2 is 2.04 bits per heavy atom. The first-order valence-corrected chi connectivity index (χ1v) is 9.93. The number of fused-ring (bicyclic) bond motifs is 2. The number of thiophene rings is 1. The number of ether oxygens (including phenoxy) is 1. The summed E-state index contributed by atoms with van der Waals surface area (Å²) in [6.45, 7) is 3.31. The standard InChI is InChI=1S/C21H23NO3S/c23-9-4-3-7-22-8-10-25-21-16(13-22)11-15(12-19(21)24)18-14-26-20-6-2-1-5-17(18)20/h1-2,5-6,11-12,14,23-24H,3-4,7-10,13H2. The molecule has 136 valence electrons. The fourth-order valence-corrected chi connectivity index (χ4v) is 4.52. The normalized spacial score (nSPS) is 14.8. The maximum Gasteiger partial charge on any atom is 0.165 e. The van der Waals surface area contributed by atoms with E-state index >= 15 is 0 Å². The smallest absolute Gasteiger partial charge is 0.165 e. The van der Waals surface area contributed by atoms with Crippen molar-refractivity contribution in [2.24, 2.45) is 0 Å². The van der Waals surface area contributed by atoms with Gasteiger partial charge in [-0.1, -0.05) is 18.2 Å². The molecule has 1 aliphatic rings. The van der Waals surface area contributed by atoms with E-state index in [-0.39, 0.29) is 12.4 Å². The second-order valence-corrected chi connectivity index (χ2v) is 7.60. The Morgan fingerprint density at radius 1 is 1.15 bits per heavy atom. The van der Waals surface area contributed by atoms with Gasteiger partial charge >= 0.3 is 0 Å². The van der Waals surface area contributed by atoms with Crippen LogP contribution in [0.2, 0.25) is 0 Å². The fourth-order valence-electron chi connectivity index (χ4n) is 3.55. The van der Waals surface area contributed by atoms with E-state index in [1.165, 1.54) is 10.1 Å². The molecule has 0 saturated heterocycles. The van der Waals surface area contributed by atoms with Crippen LogP contribution in [0.3, 0.4) is 0 Å². The summed E-state index contributed by atoms with van der Waals surface area (Å²) in [6, 6.07) is 12.3. The molecule has 26 heavy (non-hydrogen) atoms. The summed E-state index contributed by atoms with van der Waals surface area (Å²) < 4.78 is 7.09. The minimum absolute atomic E-state index is 0.213. The third-order valence-corrected chi connectivity index (χ3v) is 5.83. The molecular weight excluding hydrogens is 346 g/mol. The van der Waals surface area contributed by atoms with Gasteiger partial charge in [0.05, 0.1) is 0 Å². The van der Waals surface area contributed by atoms with E-state index in [0.717, 1.165) is 49.2 Å². The molecule has 0 fully saturated rings. The number of aliphatic hydroxyl groups is 1. The zero-order valence-corrected chi connectivity index (χ0v) is 15.5. The molecule has 3 aromatic rings. The second kappa shape index (κ2) is 7.66. The van der Waals surface area contributed by atoms with Crippen LogP contribution in [0, 0.1) is 0 Å². The number of nitrogens with zero attached hydrogens (tertiary/aromatic N) is 1. The van der Waals surface area contributed by atoms with Crippen LogP contribution >= 0.6 is 11.3 Å². The van der Waals surface area contributed by atoms with Crippen molar-refractivity contribution in [2.75, 3.05) is 26.3 Å². The van der Waals surface area contributed by atoms with E-state index in [2.05, 4.69) is 34.5 Å². The van der Waals surface area contributed by atoms with Crippen LogP contribution in [0.15, 0.2) is 41.8 Å². The van der Waals surface area contributed by atoms with Gasteiger partial charge in [-0.2, -0.15) is 0 Å². The number of unbranched alkanes of at least 4 members (excludes halogenated alkanes) is 1. The zero-order chi connectivity index (χ0) is 17.9. The Bertz CT molecular complexity index is 905. The lowest BCUT2D eigenvalue weighted by molar-refractivity contribution is 0.211. The van der Waals surface area contributed by atoms with Crippen molar-refractivity contribution in [2.45, 2.75) is 19.4 Å². The minimum Gasteiger partial charge on any atom is -0.504 e. The molecule has 0 aliphatic carbocycles. The van der Waals surface area contributed by atoms with Crippen molar-refractivity contribution in [3.8, 4) is 22.6 Å². The van der Waals surface area contributed by atoms with Crippen LogP contribution in [0.25, 0.3) is 21.2 Å². The van der Waals surface area contributed by atoms with Gasteiger partial charge in [0.1, 0.15) is 6.61 Å². The third kappa shape index (κ3) is 3.43. The maximum absolute atomic E-state index is 10.6. The molecular formula is C21H23NO3S. The van der Waals surface area contributed by atoms with Crippen LogP contribution in [-0.4, -0.2) is 41.4 Å². The van der Waals surface area contributed by atoms with E-state index in [1.54, 1.807) is 11.3 Å². The molecule has 0 radical (unpaired) electrons. The molecule has 5 heteroatoms. The van der Waals surface area contributed by atoms with E-state index in [4.69, 9.17) is 9.84 Å². The summed E-state index contributed by atoms with van der Waals surface area (Å²) in [5.74, 6) is 0.822. The van der Waals surface area contributed by atoms with E-state index in [0.29, 0.717) is 12.4 Å². The van der Waals surface area contributed by atoms with Crippen LogP contribution in [-0.2, 0) is 6.54 Å². The Hall–Kier alpha value is -2.08. The predicted octanol–water partition coefficient (Wildman–Crippen LogP) is 4.24. The number of rotatable bonds is 5. The molecule has 0 saturated carbocycles. The number of hydrogen-bond donors (Lipinski definition) is 2. The Labute approximate surface area is 157 Å². The van der Waals surface area contributed by atoms with Gasteiger partial charge in [0.2, 0.25) is 0 Å². The highest BCUT2D eigenvalue weighted by Crippen LogP contribution is 2.41. The highest BCUT2D eigenvalue weighted by atomic mass is 32.1. The third-order valence-electron chi connectivity index (χ3n) is 4.87. The summed E-state index contributed by atoms with van der Waals surface area (Å²) in [5, 5.41) is 22.9. The minimum atomic E-state index is 0.213. The number of aromatic hydroxyl groups is 1. The highest BCUT2D eigenvalue weighted by molar-refractivity contribution is 7.17. The first kappa shape index (κ1) is 17.3. The van der Waals surface area contributed by atoms with Gasteiger partial charge in [-0.15, -0.1) is 11.3 Å². The molecule has 4 nitrogen and oxygen atoms in total. The number of aliphatic hydroxyl groups excluding tert-OH is 1. The first-order valence-electron chi connectivity index (χ1n) is 9.05. The van der Waals surface area contributed by atoms with Crippen LogP contribution in [0.1, 0.15) is 18.4 Å². The average molecular weight is 369 g/mol. The zero-order valence-electron chi connectivity index (χ0n) is 14.6. The SMILES string of the molecule is OCCCCN1CCOc2c(O)cc(-c3csc4ccccc34)cc2C1. The number of benzene rings is 2. The van der Waals surface area contributed by atoms with Crippen molar-refractivity contribution < 1.29 is 14.9 Å². The van der Waals surface area contributed by atoms with Gasteiger partial charge in [0.15, 0.2) is 11.5 Å². The van der Waals surface area contributed by atoms with Gasteiger partial charge in [0, 0.05) is 40.9 Å². The predicted molar refractivity (Wildman–Crippen MR) is 106 cm³/mol. The van der Waals surface area contributed by atoms with Crippen molar-refractivity contribution in [3.05, 3.63) is 47.3 Å². The lowest BCUT2D eigenvalue weighted by Crippen LogP contribution is -2.26. The van der Waals surface area contributed by atoms with Gasteiger partial charge in [-0.3, -0.25) is 4.90 Å². The van der Waals surface area contributed by atoms with Crippen LogP contribution in [0.4, 0.5) is 0 Å². The van der Waals surface area contributed by atoms with Gasteiger partial charge in [-0.05, 0) is 48.5 Å². The molecule has 2 N–H and O–H groups in total. The maximum atomic E-state index is 10.6. The second-order valence-electron chi connectivity index (χ2n) is 6.68. The van der Waals surface area contributed by atoms with Gasteiger partial charge in [0.25, 0.3) is 0 Å². The first-order chi connectivity index (χ1) is 12.8. The van der Waals surface area contributed by atoms with Crippen molar-refractivity contribution >= 4 is 21.4 Å². The fraction of sp³-hybridized carbons (Fsp3) is 0.333. The van der Waals surface area contributed by atoms with Crippen molar-refractivity contribution in [1.82, 2.24) is 4.90 Å². The van der Waals surface area contributed by atoms with Crippen molar-refractivity contribution in [1.29, 1.82) is 0 Å².